The maximum absolute atomic E-state index is 3.72. The molecular weight excluding hydrogens is 238 g/mol. The van der Waals surface area contributed by atoms with Crippen molar-refractivity contribution in [3.63, 3.8) is 0 Å². The van der Waals surface area contributed by atoms with Gasteiger partial charge >= 0.3 is 0 Å². The second-order valence-corrected chi connectivity index (χ2v) is 6.79. The van der Waals surface area contributed by atoms with E-state index in [2.05, 4.69) is 75.1 Å². The summed E-state index contributed by atoms with van der Waals surface area (Å²) < 4.78 is 0. The summed E-state index contributed by atoms with van der Waals surface area (Å²) in [6.07, 6.45) is 2.39. The quantitative estimate of drug-likeness (QED) is 0.734. The summed E-state index contributed by atoms with van der Waals surface area (Å²) in [6.45, 7) is 10.2. The minimum Gasteiger partial charge on any atom is -0.309 e. The van der Waals surface area contributed by atoms with Crippen LogP contribution in [0.25, 0.3) is 0 Å². The first-order valence-electron chi connectivity index (χ1n) is 7.12. The lowest BCUT2D eigenvalue weighted by Gasteiger charge is -2.28. The van der Waals surface area contributed by atoms with Gasteiger partial charge in [-0.25, -0.2) is 0 Å². The number of rotatable bonds is 8. The van der Waals surface area contributed by atoms with Crippen molar-refractivity contribution in [2.45, 2.75) is 57.1 Å². The van der Waals surface area contributed by atoms with Gasteiger partial charge in [0.25, 0.3) is 0 Å². The predicted octanol–water partition coefficient (Wildman–Crippen LogP) is 4.65. The van der Waals surface area contributed by atoms with Crippen LogP contribution in [0.1, 0.15) is 52.1 Å². The molecule has 0 bridgehead atoms. The molecule has 1 rings (SSSR count). The molecule has 0 aliphatic carbocycles. The molecule has 0 heterocycles. The summed E-state index contributed by atoms with van der Waals surface area (Å²) in [4.78, 5) is 0. The van der Waals surface area contributed by atoms with Crippen LogP contribution in [0.4, 0.5) is 0 Å². The van der Waals surface area contributed by atoms with Crippen LogP contribution in [0.15, 0.2) is 30.3 Å². The van der Waals surface area contributed by atoms with Gasteiger partial charge in [0.1, 0.15) is 0 Å². The molecule has 2 atom stereocenters. The summed E-state index contributed by atoms with van der Waals surface area (Å²) in [7, 11) is 0. The Kier molecular flexibility index (Phi) is 7.45. The van der Waals surface area contributed by atoms with Gasteiger partial charge in [-0.3, -0.25) is 0 Å². The number of nitrogens with one attached hydrogen (secondary N) is 1. The Bertz CT molecular complexity index is 310. The molecule has 1 N–H and O–H groups in total. The van der Waals surface area contributed by atoms with Crippen LogP contribution < -0.4 is 5.32 Å². The molecule has 18 heavy (non-hydrogen) atoms. The first-order chi connectivity index (χ1) is 8.69. The molecule has 1 aromatic carbocycles. The van der Waals surface area contributed by atoms with E-state index in [-0.39, 0.29) is 0 Å². The number of hydrogen-bond acceptors (Lipinski definition) is 2. The molecule has 1 nitrogen and oxygen atoms in total. The molecule has 2 unspecified atom stereocenters. The van der Waals surface area contributed by atoms with Crippen molar-refractivity contribution < 1.29 is 0 Å². The Hall–Kier alpha value is -0.470. The van der Waals surface area contributed by atoms with Gasteiger partial charge in [0, 0.05) is 11.3 Å². The zero-order valence-electron chi connectivity index (χ0n) is 12.1. The number of thioether (sulfide) groups is 1. The standard InChI is InChI=1S/C16H27NS/c1-5-12-17-16(14-10-8-7-9-11-14)15(6-2)18-13(3)4/h7-11,13,15-17H,5-6,12H2,1-4H3. The first-order valence-corrected chi connectivity index (χ1v) is 8.07. The van der Waals surface area contributed by atoms with Crippen molar-refractivity contribution in [2.75, 3.05) is 6.54 Å². The lowest BCUT2D eigenvalue weighted by atomic mass is 10.0. The Morgan fingerprint density at radius 3 is 2.28 bits per heavy atom. The third-order valence-corrected chi connectivity index (χ3v) is 4.49. The molecule has 0 saturated carbocycles. The predicted molar refractivity (Wildman–Crippen MR) is 84.3 cm³/mol. The van der Waals surface area contributed by atoms with E-state index in [1.165, 1.54) is 18.4 Å². The molecule has 0 amide bonds. The maximum atomic E-state index is 3.72. The van der Waals surface area contributed by atoms with Gasteiger partial charge in [-0.1, -0.05) is 58.0 Å². The van der Waals surface area contributed by atoms with Crippen LogP contribution in [-0.2, 0) is 0 Å². The van der Waals surface area contributed by atoms with Gasteiger partial charge in [0.2, 0.25) is 0 Å². The van der Waals surface area contributed by atoms with E-state index in [4.69, 9.17) is 0 Å². The first kappa shape index (κ1) is 15.6. The van der Waals surface area contributed by atoms with E-state index in [0.29, 0.717) is 16.5 Å². The molecule has 0 fully saturated rings. The summed E-state index contributed by atoms with van der Waals surface area (Å²) in [6, 6.07) is 11.3. The van der Waals surface area contributed by atoms with Gasteiger partial charge in [-0.05, 0) is 30.2 Å². The second-order valence-electron chi connectivity index (χ2n) is 4.97. The fourth-order valence-electron chi connectivity index (χ4n) is 2.18. The normalized spacial score (nSPS) is 14.7. The SMILES string of the molecule is CCCNC(c1ccccc1)C(CC)SC(C)C. The van der Waals surface area contributed by atoms with E-state index in [0.717, 1.165) is 6.54 Å². The zero-order chi connectivity index (χ0) is 13.4. The minimum absolute atomic E-state index is 0.476. The van der Waals surface area contributed by atoms with Gasteiger partial charge < -0.3 is 5.32 Å². The molecule has 0 radical (unpaired) electrons. The van der Waals surface area contributed by atoms with E-state index in [1.54, 1.807) is 0 Å². The monoisotopic (exact) mass is 265 g/mol. The smallest absolute Gasteiger partial charge is 0.0440 e. The summed E-state index contributed by atoms with van der Waals surface area (Å²) in [5.41, 5.74) is 1.42. The molecule has 1 aromatic rings. The Morgan fingerprint density at radius 1 is 1.11 bits per heavy atom. The van der Waals surface area contributed by atoms with Crippen molar-refractivity contribution in [1.82, 2.24) is 5.32 Å². The largest absolute Gasteiger partial charge is 0.309 e. The Morgan fingerprint density at radius 2 is 1.78 bits per heavy atom. The van der Waals surface area contributed by atoms with Gasteiger partial charge in [-0.2, -0.15) is 11.8 Å². The second kappa shape index (κ2) is 8.60. The van der Waals surface area contributed by atoms with Crippen molar-refractivity contribution in [1.29, 1.82) is 0 Å². The highest BCUT2D eigenvalue weighted by atomic mass is 32.2. The van der Waals surface area contributed by atoms with Gasteiger partial charge in [-0.15, -0.1) is 0 Å². The van der Waals surface area contributed by atoms with Crippen molar-refractivity contribution >= 4 is 11.8 Å². The van der Waals surface area contributed by atoms with Crippen molar-refractivity contribution in [2.24, 2.45) is 0 Å². The highest BCUT2D eigenvalue weighted by molar-refractivity contribution is 8.00. The Labute approximate surface area is 117 Å². The van der Waals surface area contributed by atoms with Crippen LogP contribution in [0, 0.1) is 0 Å². The molecule has 0 aliphatic heterocycles. The lowest BCUT2D eigenvalue weighted by Crippen LogP contribution is -2.31. The van der Waals surface area contributed by atoms with E-state index in [1.807, 2.05) is 0 Å². The van der Waals surface area contributed by atoms with Crippen molar-refractivity contribution in [3.8, 4) is 0 Å². The highest BCUT2D eigenvalue weighted by Crippen LogP contribution is 2.31. The van der Waals surface area contributed by atoms with Crippen LogP contribution in [0.5, 0.6) is 0 Å². The fraction of sp³-hybridized carbons (Fsp3) is 0.625. The van der Waals surface area contributed by atoms with E-state index >= 15 is 0 Å². The van der Waals surface area contributed by atoms with Crippen LogP contribution in [-0.4, -0.2) is 17.0 Å². The van der Waals surface area contributed by atoms with Crippen LogP contribution in [0.2, 0.25) is 0 Å². The fourth-order valence-corrected chi connectivity index (χ4v) is 3.49. The summed E-state index contributed by atoms with van der Waals surface area (Å²) in [5.74, 6) is 0. The number of hydrogen-bond donors (Lipinski definition) is 1. The average Bonchev–Trinajstić information content (AvgIpc) is 2.38. The number of benzene rings is 1. The molecule has 0 aromatic heterocycles. The summed E-state index contributed by atoms with van der Waals surface area (Å²) >= 11 is 2.09. The van der Waals surface area contributed by atoms with E-state index < -0.39 is 0 Å². The molecule has 0 saturated heterocycles. The molecular formula is C16H27NS. The average molecular weight is 265 g/mol. The minimum atomic E-state index is 0.476. The van der Waals surface area contributed by atoms with Crippen molar-refractivity contribution in [3.05, 3.63) is 35.9 Å². The van der Waals surface area contributed by atoms with Gasteiger partial charge in [0.15, 0.2) is 0 Å². The third kappa shape index (κ3) is 5.03. The topological polar surface area (TPSA) is 12.0 Å². The summed E-state index contributed by atoms with van der Waals surface area (Å²) in [5, 5.41) is 5.06. The highest BCUT2D eigenvalue weighted by Gasteiger charge is 2.22. The molecule has 0 aliphatic rings. The molecule has 0 spiro atoms. The lowest BCUT2D eigenvalue weighted by molar-refractivity contribution is 0.504. The maximum Gasteiger partial charge on any atom is 0.0440 e. The van der Waals surface area contributed by atoms with Crippen LogP contribution in [0.3, 0.4) is 0 Å². The zero-order valence-corrected chi connectivity index (χ0v) is 13.0. The van der Waals surface area contributed by atoms with Gasteiger partial charge in [0.05, 0.1) is 0 Å². The van der Waals surface area contributed by atoms with Crippen LogP contribution >= 0.6 is 11.8 Å². The molecule has 2 heteroatoms. The molecule has 102 valence electrons. The van der Waals surface area contributed by atoms with E-state index in [9.17, 15) is 0 Å². The third-order valence-electron chi connectivity index (χ3n) is 2.99. The Balaban J connectivity index is 2.82.